The molecule has 0 saturated carbocycles. The summed E-state index contributed by atoms with van der Waals surface area (Å²) in [6.45, 7) is 1.80. The van der Waals surface area contributed by atoms with E-state index in [0.717, 1.165) is 10.9 Å². The SMILES string of the molecule is Cc1cc(=O)oc2cc(Oc3coc4cc(OC(=O)c5cccc(Cl)c5)ccc4c3=O)ccc12. The predicted octanol–water partition coefficient (Wildman–Crippen LogP) is 5.87. The molecule has 5 rings (SSSR count). The smallest absolute Gasteiger partial charge is 0.343 e. The first kappa shape index (κ1) is 21.5. The standard InChI is InChI=1S/C26H15ClO7/c1-14-9-24(28)34-22-12-17(5-7-19(14)22)32-23-13-31-21-11-18(6-8-20(21)25(23)29)33-26(30)15-3-2-4-16(27)10-15/h2-13H,1H3. The number of halogens is 1. The molecule has 0 unspecified atom stereocenters. The second-order valence-corrected chi connectivity index (χ2v) is 7.93. The van der Waals surface area contributed by atoms with Crippen LogP contribution in [0.15, 0.2) is 91.4 Å². The van der Waals surface area contributed by atoms with Crippen molar-refractivity contribution in [1.82, 2.24) is 0 Å². The molecule has 5 aromatic rings. The highest BCUT2D eigenvalue weighted by molar-refractivity contribution is 6.30. The largest absolute Gasteiger partial charge is 0.460 e. The summed E-state index contributed by atoms with van der Waals surface area (Å²) in [7, 11) is 0. The third kappa shape index (κ3) is 4.16. The van der Waals surface area contributed by atoms with Gasteiger partial charge in [0.2, 0.25) is 11.2 Å². The number of carbonyl (C=O) groups is 1. The van der Waals surface area contributed by atoms with Crippen LogP contribution >= 0.6 is 11.6 Å². The van der Waals surface area contributed by atoms with Crippen molar-refractivity contribution in [3.8, 4) is 17.2 Å². The Morgan fingerprint density at radius 2 is 1.65 bits per heavy atom. The molecule has 0 radical (unpaired) electrons. The van der Waals surface area contributed by atoms with Crippen LogP contribution in [-0.2, 0) is 0 Å². The van der Waals surface area contributed by atoms with Crippen LogP contribution < -0.4 is 20.5 Å². The molecule has 0 saturated heterocycles. The maximum atomic E-state index is 12.9. The molecule has 0 atom stereocenters. The van der Waals surface area contributed by atoms with Gasteiger partial charge in [-0.3, -0.25) is 4.79 Å². The molecule has 2 heterocycles. The van der Waals surface area contributed by atoms with Gasteiger partial charge < -0.3 is 18.3 Å². The summed E-state index contributed by atoms with van der Waals surface area (Å²) < 4.78 is 21.8. The fourth-order valence-corrected chi connectivity index (χ4v) is 3.69. The summed E-state index contributed by atoms with van der Waals surface area (Å²) >= 11 is 5.91. The van der Waals surface area contributed by atoms with Gasteiger partial charge in [0.15, 0.2) is 0 Å². The predicted molar refractivity (Wildman–Crippen MR) is 126 cm³/mol. The quantitative estimate of drug-likeness (QED) is 0.182. The van der Waals surface area contributed by atoms with Crippen LogP contribution in [0.25, 0.3) is 21.9 Å². The van der Waals surface area contributed by atoms with Crippen molar-refractivity contribution in [2.75, 3.05) is 0 Å². The van der Waals surface area contributed by atoms with Crippen molar-refractivity contribution < 1.29 is 23.1 Å². The van der Waals surface area contributed by atoms with Crippen LogP contribution in [0.4, 0.5) is 0 Å². The minimum atomic E-state index is -0.595. The van der Waals surface area contributed by atoms with E-state index in [9.17, 15) is 14.4 Å². The van der Waals surface area contributed by atoms with E-state index in [4.69, 9.17) is 29.9 Å². The van der Waals surface area contributed by atoms with Gasteiger partial charge in [-0.2, -0.15) is 0 Å². The molecule has 0 aliphatic heterocycles. The van der Waals surface area contributed by atoms with Crippen molar-refractivity contribution in [2.45, 2.75) is 6.92 Å². The van der Waals surface area contributed by atoms with Gasteiger partial charge in [0.25, 0.3) is 0 Å². The molecule has 0 aliphatic carbocycles. The minimum Gasteiger partial charge on any atom is -0.460 e. The topological polar surface area (TPSA) is 95.9 Å². The Hall–Kier alpha value is -4.36. The van der Waals surface area contributed by atoms with Gasteiger partial charge in [-0.05, 0) is 55.0 Å². The number of carbonyl (C=O) groups excluding carboxylic acids is 1. The molecular formula is C26H15ClO7. The van der Waals surface area contributed by atoms with E-state index in [0.29, 0.717) is 21.9 Å². The van der Waals surface area contributed by atoms with Crippen LogP contribution in [0.5, 0.6) is 17.2 Å². The van der Waals surface area contributed by atoms with Crippen LogP contribution in [0.3, 0.4) is 0 Å². The van der Waals surface area contributed by atoms with Gasteiger partial charge in [0, 0.05) is 28.6 Å². The normalized spacial score (nSPS) is 11.0. The summed E-state index contributed by atoms with van der Waals surface area (Å²) in [5, 5.41) is 1.41. The van der Waals surface area contributed by atoms with E-state index in [1.54, 1.807) is 37.3 Å². The van der Waals surface area contributed by atoms with Crippen molar-refractivity contribution in [1.29, 1.82) is 0 Å². The van der Waals surface area contributed by atoms with E-state index in [2.05, 4.69) is 0 Å². The van der Waals surface area contributed by atoms with Crippen LogP contribution in [0, 0.1) is 6.92 Å². The zero-order valence-corrected chi connectivity index (χ0v) is 18.4. The number of fused-ring (bicyclic) bond motifs is 2. The van der Waals surface area contributed by atoms with E-state index >= 15 is 0 Å². The highest BCUT2D eigenvalue weighted by Gasteiger charge is 2.14. The molecule has 168 valence electrons. The van der Waals surface area contributed by atoms with E-state index < -0.39 is 17.0 Å². The highest BCUT2D eigenvalue weighted by atomic mass is 35.5. The molecule has 0 fully saturated rings. The lowest BCUT2D eigenvalue weighted by atomic mass is 10.1. The molecule has 3 aromatic carbocycles. The Kier molecular flexibility index (Phi) is 5.39. The second kappa shape index (κ2) is 8.53. The summed E-state index contributed by atoms with van der Waals surface area (Å²) in [4.78, 5) is 36.9. The maximum Gasteiger partial charge on any atom is 0.343 e. The summed E-state index contributed by atoms with van der Waals surface area (Å²) in [6, 6.07) is 17.1. The lowest BCUT2D eigenvalue weighted by molar-refractivity contribution is 0.0735. The minimum absolute atomic E-state index is 0.0504. The molecule has 8 heteroatoms. The second-order valence-electron chi connectivity index (χ2n) is 7.50. The number of benzene rings is 3. The lowest BCUT2D eigenvalue weighted by Crippen LogP contribution is -2.09. The lowest BCUT2D eigenvalue weighted by Gasteiger charge is -2.08. The van der Waals surface area contributed by atoms with Crippen molar-refractivity contribution in [2.24, 2.45) is 0 Å². The number of rotatable bonds is 4. The molecule has 7 nitrogen and oxygen atoms in total. The number of hydrogen-bond acceptors (Lipinski definition) is 7. The Labute approximate surface area is 196 Å². The zero-order valence-electron chi connectivity index (χ0n) is 17.7. The molecule has 0 spiro atoms. The molecular weight excluding hydrogens is 460 g/mol. The van der Waals surface area contributed by atoms with Gasteiger partial charge in [-0.25, -0.2) is 9.59 Å². The number of hydrogen-bond donors (Lipinski definition) is 0. The highest BCUT2D eigenvalue weighted by Crippen LogP contribution is 2.27. The fraction of sp³-hybridized carbons (Fsp3) is 0.0385. The molecule has 0 aliphatic rings. The van der Waals surface area contributed by atoms with E-state index in [1.807, 2.05) is 0 Å². The Balaban J connectivity index is 1.42. The molecule has 34 heavy (non-hydrogen) atoms. The van der Waals surface area contributed by atoms with Crippen LogP contribution in [-0.4, -0.2) is 5.97 Å². The summed E-state index contributed by atoms with van der Waals surface area (Å²) in [5.74, 6) is -0.137. The van der Waals surface area contributed by atoms with E-state index in [1.165, 1.54) is 42.7 Å². The third-order valence-corrected chi connectivity index (χ3v) is 5.37. The molecule has 2 aromatic heterocycles. The average Bonchev–Trinajstić information content (AvgIpc) is 2.80. The number of ether oxygens (including phenoxy) is 2. The van der Waals surface area contributed by atoms with Gasteiger partial charge in [0.05, 0.1) is 10.9 Å². The number of esters is 1. The van der Waals surface area contributed by atoms with E-state index in [-0.39, 0.29) is 22.5 Å². The molecule has 0 bridgehead atoms. The van der Waals surface area contributed by atoms with Gasteiger partial charge in [-0.15, -0.1) is 0 Å². The third-order valence-electron chi connectivity index (χ3n) is 5.14. The van der Waals surface area contributed by atoms with Gasteiger partial charge in [-0.1, -0.05) is 17.7 Å². The Bertz CT molecular complexity index is 1700. The number of aryl methyl sites for hydroxylation is 1. The van der Waals surface area contributed by atoms with Crippen molar-refractivity contribution in [3.63, 3.8) is 0 Å². The zero-order chi connectivity index (χ0) is 23.8. The fourth-order valence-electron chi connectivity index (χ4n) is 3.50. The molecule has 0 N–H and O–H groups in total. The average molecular weight is 475 g/mol. The summed E-state index contributed by atoms with van der Waals surface area (Å²) in [5.41, 5.74) is 0.737. The van der Waals surface area contributed by atoms with Crippen molar-refractivity contribution >= 4 is 39.5 Å². The first-order valence-corrected chi connectivity index (χ1v) is 10.5. The van der Waals surface area contributed by atoms with Crippen LogP contribution in [0.2, 0.25) is 5.02 Å². The van der Waals surface area contributed by atoms with Gasteiger partial charge in [0.1, 0.15) is 28.9 Å². The summed E-state index contributed by atoms with van der Waals surface area (Å²) in [6.07, 6.45) is 1.17. The first-order chi connectivity index (χ1) is 16.4. The monoisotopic (exact) mass is 474 g/mol. The first-order valence-electron chi connectivity index (χ1n) is 10.1. The maximum absolute atomic E-state index is 12.9. The van der Waals surface area contributed by atoms with Crippen LogP contribution in [0.1, 0.15) is 15.9 Å². The van der Waals surface area contributed by atoms with Crippen molar-refractivity contribution in [3.05, 3.63) is 110 Å². The molecule has 0 amide bonds. The Morgan fingerprint density at radius 3 is 2.47 bits per heavy atom. The van der Waals surface area contributed by atoms with Gasteiger partial charge >= 0.3 is 11.6 Å². The Morgan fingerprint density at radius 1 is 0.882 bits per heavy atom.